The molecule has 5 nitrogen and oxygen atoms in total. The van der Waals surface area contributed by atoms with Crippen LogP contribution in [0.2, 0.25) is 0 Å². The van der Waals surface area contributed by atoms with E-state index < -0.39 is 10.0 Å². The molecule has 1 fully saturated rings. The Morgan fingerprint density at radius 2 is 2.05 bits per heavy atom. The maximum atomic E-state index is 12.0. The summed E-state index contributed by atoms with van der Waals surface area (Å²) >= 11 is 1.26. The highest BCUT2D eigenvalue weighted by Gasteiger charge is 2.16. The molecule has 0 aliphatic carbocycles. The van der Waals surface area contributed by atoms with Gasteiger partial charge in [0.15, 0.2) is 0 Å². The summed E-state index contributed by atoms with van der Waals surface area (Å²) < 4.78 is 26.6. The van der Waals surface area contributed by atoms with Gasteiger partial charge in [0.25, 0.3) is 0 Å². The minimum Gasteiger partial charge on any atom is -0.391 e. The summed E-state index contributed by atoms with van der Waals surface area (Å²) in [6.45, 7) is 3.21. The Kier molecular flexibility index (Phi) is 5.35. The number of hydrogen-bond acceptors (Lipinski definition) is 5. The van der Waals surface area contributed by atoms with Crippen molar-refractivity contribution in [1.29, 1.82) is 0 Å². The summed E-state index contributed by atoms with van der Waals surface area (Å²) in [6.07, 6.45) is 3.69. The molecule has 0 spiro atoms. The highest BCUT2D eigenvalue weighted by atomic mass is 32.2. The molecule has 1 aliphatic heterocycles. The van der Waals surface area contributed by atoms with Crippen molar-refractivity contribution < 1.29 is 13.5 Å². The van der Waals surface area contributed by atoms with Gasteiger partial charge in [0.1, 0.15) is 0 Å². The first-order valence-corrected chi connectivity index (χ1v) is 8.88. The number of nitrogens with zero attached hydrogens (tertiary/aromatic N) is 1. The lowest BCUT2D eigenvalue weighted by Gasteiger charge is -2.26. The van der Waals surface area contributed by atoms with Crippen LogP contribution in [0.5, 0.6) is 0 Å². The van der Waals surface area contributed by atoms with Gasteiger partial charge in [-0.25, -0.2) is 13.1 Å². The maximum absolute atomic E-state index is 12.0. The number of nitrogens with one attached hydrogen (secondary N) is 1. The zero-order valence-electron chi connectivity index (χ0n) is 10.8. The molecule has 1 aliphatic rings. The molecule has 0 bridgehead atoms. The summed E-state index contributed by atoms with van der Waals surface area (Å²) in [5.74, 6) is 0. The predicted octanol–water partition coefficient (Wildman–Crippen LogP) is 1.00. The van der Waals surface area contributed by atoms with Crippen molar-refractivity contribution in [3.05, 3.63) is 16.3 Å². The SMILES string of the molecule is O=S(=O)(NCCN1CCCCC1)c1csc(CO)c1. The Bertz CT molecular complexity index is 493. The Labute approximate surface area is 118 Å². The van der Waals surface area contributed by atoms with Crippen LogP contribution < -0.4 is 4.72 Å². The molecule has 0 aromatic carbocycles. The molecule has 19 heavy (non-hydrogen) atoms. The number of hydrogen-bond donors (Lipinski definition) is 2. The van der Waals surface area contributed by atoms with Gasteiger partial charge in [-0.3, -0.25) is 0 Å². The molecule has 0 amide bonds. The average Bonchev–Trinajstić information content (AvgIpc) is 2.89. The number of likely N-dealkylation sites (tertiary alicyclic amines) is 1. The molecule has 0 atom stereocenters. The lowest BCUT2D eigenvalue weighted by molar-refractivity contribution is 0.233. The van der Waals surface area contributed by atoms with Crippen molar-refractivity contribution in [3.8, 4) is 0 Å². The van der Waals surface area contributed by atoms with E-state index in [0.29, 0.717) is 11.4 Å². The van der Waals surface area contributed by atoms with Crippen LogP contribution in [-0.2, 0) is 16.6 Å². The molecule has 108 valence electrons. The smallest absolute Gasteiger partial charge is 0.241 e. The van der Waals surface area contributed by atoms with E-state index in [1.807, 2.05) is 0 Å². The molecule has 7 heteroatoms. The summed E-state index contributed by atoms with van der Waals surface area (Å²) in [6, 6.07) is 1.52. The van der Waals surface area contributed by atoms with Crippen molar-refractivity contribution >= 4 is 21.4 Å². The molecule has 0 saturated carbocycles. The number of piperidine rings is 1. The van der Waals surface area contributed by atoms with Gasteiger partial charge in [0.2, 0.25) is 10.0 Å². The standard InChI is InChI=1S/C12H20N2O3S2/c15-9-11-8-12(10-18-11)19(16,17)13-4-7-14-5-2-1-3-6-14/h8,10,13,15H,1-7,9H2. The number of aliphatic hydroxyl groups excluding tert-OH is 1. The zero-order valence-corrected chi connectivity index (χ0v) is 12.5. The fraction of sp³-hybridized carbons (Fsp3) is 0.667. The van der Waals surface area contributed by atoms with E-state index in [4.69, 9.17) is 5.11 Å². The lowest BCUT2D eigenvalue weighted by Crippen LogP contribution is -2.37. The fourth-order valence-corrected chi connectivity index (χ4v) is 4.34. The first-order chi connectivity index (χ1) is 9.12. The molecule has 0 unspecified atom stereocenters. The highest BCUT2D eigenvalue weighted by Crippen LogP contribution is 2.18. The van der Waals surface area contributed by atoms with Crippen LogP contribution in [0.1, 0.15) is 24.1 Å². The highest BCUT2D eigenvalue weighted by molar-refractivity contribution is 7.89. The Hall–Kier alpha value is -0.470. The van der Waals surface area contributed by atoms with Crippen LogP contribution in [0.3, 0.4) is 0 Å². The van der Waals surface area contributed by atoms with Gasteiger partial charge in [-0.05, 0) is 32.0 Å². The Balaban J connectivity index is 1.83. The largest absolute Gasteiger partial charge is 0.391 e. The average molecular weight is 304 g/mol. The summed E-state index contributed by atoms with van der Waals surface area (Å²) in [7, 11) is -3.43. The van der Waals surface area contributed by atoms with E-state index >= 15 is 0 Å². The maximum Gasteiger partial charge on any atom is 0.241 e. The number of sulfonamides is 1. The minimum atomic E-state index is -3.43. The van der Waals surface area contributed by atoms with E-state index in [1.54, 1.807) is 5.38 Å². The van der Waals surface area contributed by atoms with Crippen LogP contribution in [0.15, 0.2) is 16.3 Å². The number of rotatable bonds is 6. The van der Waals surface area contributed by atoms with Gasteiger partial charge in [-0.1, -0.05) is 6.42 Å². The molecule has 1 aromatic heterocycles. The van der Waals surface area contributed by atoms with Crippen LogP contribution in [-0.4, -0.2) is 44.6 Å². The molecule has 2 heterocycles. The molecule has 2 rings (SSSR count). The van der Waals surface area contributed by atoms with Crippen molar-refractivity contribution in [2.45, 2.75) is 30.8 Å². The first kappa shape index (κ1) is 14.9. The van der Waals surface area contributed by atoms with Crippen LogP contribution in [0.25, 0.3) is 0 Å². The second kappa shape index (κ2) is 6.81. The van der Waals surface area contributed by atoms with Gasteiger partial charge in [-0.15, -0.1) is 11.3 Å². The molecular weight excluding hydrogens is 284 g/mol. The predicted molar refractivity (Wildman–Crippen MR) is 75.7 cm³/mol. The summed E-state index contributed by atoms with van der Waals surface area (Å²) in [4.78, 5) is 3.20. The van der Waals surface area contributed by atoms with E-state index in [2.05, 4.69) is 9.62 Å². The third-order valence-electron chi connectivity index (χ3n) is 3.26. The van der Waals surface area contributed by atoms with Crippen molar-refractivity contribution in [2.75, 3.05) is 26.2 Å². The van der Waals surface area contributed by atoms with Crippen molar-refractivity contribution in [1.82, 2.24) is 9.62 Å². The lowest BCUT2D eigenvalue weighted by atomic mass is 10.1. The number of aliphatic hydroxyl groups is 1. The van der Waals surface area contributed by atoms with Gasteiger partial charge in [0.05, 0.1) is 11.5 Å². The topological polar surface area (TPSA) is 69.6 Å². The second-order valence-electron chi connectivity index (χ2n) is 4.71. The molecule has 1 saturated heterocycles. The van der Waals surface area contributed by atoms with Crippen LogP contribution >= 0.6 is 11.3 Å². The molecular formula is C12H20N2O3S2. The van der Waals surface area contributed by atoms with E-state index in [9.17, 15) is 8.42 Å². The first-order valence-electron chi connectivity index (χ1n) is 6.52. The number of thiophene rings is 1. The summed E-state index contributed by atoms with van der Waals surface area (Å²) in [5, 5.41) is 10.5. The summed E-state index contributed by atoms with van der Waals surface area (Å²) in [5.41, 5.74) is 0. The van der Waals surface area contributed by atoms with Gasteiger partial charge in [-0.2, -0.15) is 0 Å². The van der Waals surface area contributed by atoms with E-state index in [0.717, 1.165) is 19.6 Å². The fourth-order valence-electron chi connectivity index (χ4n) is 2.19. The van der Waals surface area contributed by atoms with E-state index in [1.165, 1.54) is 36.7 Å². The quantitative estimate of drug-likeness (QED) is 0.823. The molecule has 0 radical (unpaired) electrons. The molecule has 2 N–H and O–H groups in total. The Morgan fingerprint density at radius 1 is 1.32 bits per heavy atom. The van der Waals surface area contributed by atoms with Crippen molar-refractivity contribution in [2.24, 2.45) is 0 Å². The minimum absolute atomic E-state index is 0.117. The van der Waals surface area contributed by atoms with Crippen LogP contribution in [0, 0.1) is 0 Å². The van der Waals surface area contributed by atoms with Gasteiger partial charge < -0.3 is 10.0 Å². The third-order valence-corrected chi connectivity index (χ3v) is 5.78. The van der Waals surface area contributed by atoms with Gasteiger partial charge in [0, 0.05) is 23.3 Å². The van der Waals surface area contributed by atoms with E-state index in [-0.39, 0.29) is 11.5 Å². The monoisotopic (exact) mass is 304 g/mol. The molecule has 1 aromatic rings. The third kappa shape index (κ3) is 4.25. The zero-order chi connectivity index (χ0) is 13.7. The normalized spacial score (nSPS) is 17.7. The Morgan fingerprint density at radius 3 is 2.68 bits per heavy atom. The second-order valence-corrected chi connectivity index (χ2v) is 7.47. The van der Waals surface area contributed by atoms with Crippen molar-refractivity contribution in [3.63, 3.8) is 0 Å². The van der Waals surface area contributed by atoms with Crippen LogP contribution in [0.4, 0.5) is 0 Å². The van der Waals surface area contributed by atoms with Gasteiger partial charge >= 0.3 is 0 Å².